The number of amides is 1. The quantitative estimate of drug-likeness (QED) is 0.744. The molecule has 1 atom stereocenters. The molecule has 29 heavy (non-hydrogen) atoms. The summed E-state index contributed by atoms with van der Waals surface area (Å²) in [6, 6.07) is 19.7. The minimum atomic E-state index is -0.648. The third-order valence-corrected chi connectivity index (χ3v) is 5.47. The predicted octanol–water partition coefficient (Wildman–Crippen LogP) is 3.19. The molecule has 0 saturated carbocycles. The van der Waals surface area contributed by atoms with Gasteiger partial charge in [0.15, 0.2) is 11.4 Å². The van der Waals surface area contributed by atoms with Crippen molar-refractivity contribution in [1.82, 2.24) is 14.7 Å². The molecule has 1 unspecified atom stereocenters. The van der Waals surface area contributed by atoms with Crippen LogP contribution < -0.4 is 5.43 Å². The van der Waals surface area contributed by atoms with Crippen LogP contribution in [0.5, 0.6) is 5.75 Å². The number of carbonyl (C=O) groups excluding carboxylic acids is 1. The SMILES string of the molecule is CC(C)N1CC(C(c2ccccc2)c2ccccc2)n2ncc(=O)c(O)c2C1=O. The summed E-state index contributed by atoms with van der Waals surface area (Å²) in [4.78, 5) is 26.8. The maximum atomic E-state index is 13.0. The van der Waals surface area contributed by atoms with Crippen molar-refractivity contribution in [3.8, 4) is 5.75 Å². The fourth-order valence-electron chi connectivity index (χ4n) is 4.06. The fourth-order valence-corrected chi connectivity index (χ4v) is 4.06. The van der Waals surface area contributed by atoms with Crippen LogP contribution in [-0.2, 0) is 0 Å². The molecule has 1 aliphatic rings. The van der Waals surface area contributed by atoms with E-state index in [1.807, 2.05) is 50.2 Å². The number of hydrogen-bond donors (Lipinski definition) is 1. The van der Waals surface area contributed by atoms with Gasteiger partial charge >= 0.3 is 0 Å². The van der Waals surface area contributed by atoms with Crippen LogP contribution in [0.4, 0.5) is 0 Å². The lowest BCUT2D eigenvalue weighted by atomic mass is 9.83. The van der Waals surface area contributed by atoms with Crippen molar-refractivity contribution in [1.29, 1.82) is 0 Å². The first kappa shape index (κ1) is 18.9. The Hall–Kier alpha value is -3.41. The van der Waals surface area contributed by atoms with Crippen molar-refractivity contribution in [2.24, 2.45) is 0 Å². The summed E-state index contributed by atoms with van der Waals surface area (Å²) in [7, 11) is 0. The third kappa shape index (κ3) is 3.31. The molecule has 0 aliphatic carbocycles. The molecular weight excluding hydrogens is 366 g/mol. The van der Waals surface area contributed by atoms with Gasteiger partial charge in [-0.3, -0.25) is 14.3 Å². The zero-order valence-corrected chi connectivity index (χ0v) is 16.4. The second-order valence-electron chi connectivity index (χ2n) is 7.57. The highest BCUT2D eigenvalue weighted by Crippen LogP contribution is 2.39. The molecular formula is C23H23N3O3. The zero-order chi connectivity index (χ0) is 20.5. The summed E-state index contributed by atoms with van der Waals surface area (Å²) < 4.78 is 1.53. The molecule has 4 rings (SSSR count). The topological polar surface area (TPSA) is 75.4 Å². The van der Waals surface area contributed by atoms with Crippen molar-refractivity contribution in [3.63, 3.8) is 0 Å². The van der Waals surface area contributed by atoms with E-state index in [9.17, 15) is 14.7 Å². The molecule has 1 aromatic heterocycles. The first-order valence-corrected chi connectivity index (χ1v) is 9.70. The molecule has 0 fully saturated rings. The van der Waals surface area contributed by atoms with Gasteiger partial charge in [-0.1, -0.05) is 60.7 Å². The first-order chi connectivity index (χ1) is 14.0. The summed E-state index contributed by atoms with van der Waals surface area (Å²) in [5.74, 6) is -1.03. The van der Waals surface area contributed by atoms with E-state index >= 15 is 0 Å². The number of carbonyl (C=O) groups is 1. The van der Waals surface area contributed by atoms with Crippen LogP contribution in [0.3, 0.4) is 0 Å². The Kier molecular flexibility index (Phi) is 4.92. The van der Waals surface area contributed by atoms with Crippen LogP contribution in [0, 0.1) is 0 Å². The van der Waals surface area contributed by atoms with Gasteiger partial charge in [-0.05, 0) is 25.0 Å². The average Bonchev–Trinajstić information content (AvgIpc) is 2.73. The van der Waals surface area contributed by atoms with Gasteiger partial charge < -0.3 is 10.0 Å². The van der Waals surface area contributed by atoms with Crippen LogP contribution in [0.1, 0.15) is 47.4 Å². The summed E-state index contributed by atoms with van der Waals surface area (Å²) in [6.07, 6.45) is 1.08. The van der Waals surface area contributed by atoms with Gasteiger partial charge in [0.2, 0.25) is 5.43 Å². The number of hydrogen-bond acceptors (Lipinski definition) is 4. The highest BCUT2D eigenvalue weighted by molar-refractivity contribution is 5.96. The molecule has 6 heteroatoms. The van der Waals surface area contributed by atoms with Crippen LogP contribution >= 0.6 is 0 Å². The lowest BCUT2D eigenvalue weighted by molar-refractivity contribution is 0.0570. The maximum Gasteiger partial charge on any atom is 0.276 e. The number of aromatic hydroxyl groups is 1. The summed E-state index contributed by atoms with van der Waals surface area (Å²) in [5.41, 5.74) is 1.46. The van der Waals surface area contributed by atoms with E-state index in [2.05, 4.69) is 29.4 Å². The molecule has 148 valence electrons. The molecule has 0 spiro atoms. The van der Waals surface area contributed by atoms with E-state index in [1.54, 1.807) is 4.90 Å². The van der Waals surface area contributed by atoms with Crippen molar-refractivity contribution in [2.45, 2.75) is 31.8 Å². The highest BCUT2D eigenvalue weighted by Gasteiger charge is 2.40. The van der Waals surface area contributed by atoms with E-state index in [1.165, 1.54) is 4.68 Å². The van der Waals surface area contributed by atoms with Crippen LogP contribution in [-0.4, -0.2) is 38.3 Å². The minimum Gasteiger partial charge on any atom is -0.502 e. The monoisotopic (exact) mass is 389 g/mol. The second kappa shape index (κ2) is 7.54. The van der Waals surface area contributed by atoms with Crippen LogP contribution in [0.25, 0.3) is 0 Å². The number of fused-ring (bicyclic) bond motifs is 1. The molecule has 0 radical (unpaired) electrons. The first-order valence-electron chi connectivity index (χ1n) is 9.70. The highest BCUT2D eigenvalue weighted by atomic mass is 16.3. The molecule has 0 saturated heterocycles. The lowest BCUT2D eigenvalue weighted by Gasteiger charge is -2.40. The Morgan fingerprint density at radius 2 is 1.52 bits per heavy atom. The van der Waals surface area contributed by atoms with Gasteiger partial charge in [0, 0.05) is 18.5 Å². The van der Waals surface area contributed by atoms with Gasteiger partial charge in [0.05, 0.1) is 12.2 Å². The Balaban J connectivity index is 1.95. The Labute approximate surface area is 169 Å². The smallest absolute Gasteiger partial charge is 0.276 e. The van der Waals surface area contributed by atoms with Gasteiger partial charge in [0.25, 0.3) is 5.91 Å². The van der Waals surface area contributed by atoms with Crippen molar-refractivity contribution >= 4 is 5.91 Å². The van der Waals surface area contributed by atoms with Crippen LogP contribution in [0.2, 0.25) is 0 Å². The van der Waals surface area contributed by atoms with Crippen molar-refractivity contribution < 1.29 is 9.90 Å². The molecule has 1 N–H and O–H groups in total. The fraction of sp³-hybridized carbons (Fsp3) is 0.261. The van der Waals surface area contributed by atoms with E-state index in [0.717, 1.165) is 17.3 Å². The largest absolute Gasteiger partial charge is 0.502 e. The number of nitrogens with zero attached hydrogens (tertiary/aromatic N) is 3. The third-order valence-electron chi connectivity index (χ3n) is 5.47. The summed E-state index contributed by atoms with van der Waals surface area (Å²) in [5, 5.41) is 14.7. The van der Waals surface area contributed by atoms with E-state index in [0.29, 0.717) is 6.54 Å². The van der Waals surface area contributed by atoms with Crippen molar-refractivity contribution in [2.75, 3.05) is 6.54 Å². The molecule has 2 heterocycles. The predicted molar refractivity (Wildman–Crippen MR) is 110 cm³/mol. The average molecular weight is 389 g/mol. The Bertz CT molecular complexity index is 1040. The Morgan fingerprint density at radius 1 is 0.966 bits per heavy atom. The van der Waals surface area contributed by atoms with E-state index in [-0.39, 0.29) is 29.6 Å². The molecule has 1 aliphatic heterocycles. The van der Waals surface area contributed by atoms with Gasteiger partial charge in [-0.2, -0.15) is 5.10 Å². The zero-order valence-electron chi connectivity index (χ0n) is 16.4. The van der Waals surface area contributed by atoms with Gasteiger partial charge in [-0.15, -0.1) is 0 Å². The van der Waals surface area contributed by atoms with Crippen LogP contribution in [0.15, 0.2) is 71.7 Å². The second-order valence-corrected chi connectivity index (χ2v) is 7.57. The normalized spacial score (nSPS) is 16.3. The molecule has 2 aromatic carbocycles. The molecule has 1 amide bonds. The molecule has 0 bridgehead atoms. The summed E-state index contributed by atoms with van der Waals surface area (Å²) in [6.45, 7) is 4.28. The maximum absolute atomic E-state index is 13.0. The number of rotatable bonds is 4. The minimum absolute atomic E-state index is 0.0423. The molecule has 3 aromatic rings. The van der Waals surface area contributed by atoms with Gasteiger partial charge in [-0.25, -0.2) is 0 Å². The Morgan fingerprint density at radius 3 is 2.03 bits per heavy atom. The molecule has 6 nitrogen and oxygen atoms in total. The van der Waals surface area contributed by atoms with Gasteiger partial charge in [0.1, 0.15) is 0 Å². The number of aromatic nitrogens is 2. The lowest BCUT2D eigenvalue weighted by Crippen LogP contribution is -2.49. The van der Waals surface area contributed by atoms with Crippen molar-refractivity contribution in [3.05, 3.63) is 93.9 Å². The summed E-state index contributed by atoms with van der Waals surface area (Å²) >= 11 is 0. The standard InChI is InChI=1S/C23H23N3O3/c1-15(2)25-14-18(26-21(23(25)29)22(28)19(27)13-24-26)20(16-9-5-3-6-10-16)17-11-7-4-8-12-17/h3-13,15,18,20,28H,14H2,1-2H3. The number of benzene rings is 2. The van der Waals surface area contributed by atoms with E-state index in [4.69, 9.17) is 0 Å². The van der Waals surface area contributed by atoms with E-state index < -0.39 is 11.2 Å².